The second kappa shape index (κ2) is 11.4. The van der Waals surface area contributed by atoms with Crippen LogP contribution in [-0.4, -0.2) is 48.6 Å². The number of benzene rings is 2. The standard InChI is InChI=1S/C21H24ClN3O2S.ClH/c1-3-24(4-2)12-13-25(20(26)15-27-17-8-6-5-7-9-17)21-23-18-11-10-16(22)14-19(18)28-21;/h5-11,14H,3-4,12-13,15H2,1-2H3;1H. The SMILES string of the molecule is CCN(CC)CCN(C(=O)COc1ccccc1)c1nc2ccc(Cl)cc2s1.Cl. The van der Waals surface area contributed by atoms with Gasteiger partial charge in [-0.3, -0.25) is 9.69 Å². The molecular formula is C21H25Cl2N3O2S. The molecule has 0 aliphatic heterocycles. The Hall–Kier alpha value is -1.86. The van der Waals surface area contributed by atoms with Crippen molar-refractivity contribution >= 4 is 56.6 Å². The Labute approximate surface area is 186 Å². The van der Waals surface area contributed by atoms with Crippen LogP contribution < -0.4 is 9.64 Å². The van der Waals surface area contributed by atoms with E-state index >= 15 is 0 Å². The maximum atomic E-state index is 13.0. The molecule has 0 fully saturated rings. The summed E-state index contributed by atoms with van der Waals surface area (Å²) in [7, 11) is 0. The van der Waals surface area contributed by atoms with Gasteiger partial charge in [-0.05, 0) is 43.4 Å². The van der Waals surface area contributed by atoms with Crippen LogP contribution in [0.3, 0.4) is 0 Å². The summed E-state index contributed by atoms with van der Waals surface area (Å²) in [6.07, 6.45) is 0. The Bertz CT molecular complexity index is 917. The molecule has 3 rings (SSSR count). The number of thiazole rings is 1. The quantitative estimate of drug-likeness (QED) is 0.450. The van der Waals surface area contributed by atoms with E-state index in [0.717, 1.165) is 29.9 Å². The first-order valence-electron chi connectivity index (χ1n) is 9.37. The largest absolute Gasteiger partial charge is 0.484 e. The molecule has 1 heterocycles. The average Bonchev–Trinajstić information content (AvgIpc) is 3.13. The number of halogens is 2. The van der Waals surface area contributed by atoms with E-state index < -0.39 is 0 Å². The monoisotopic (exact) mass is 453 g/mol. The molecular weight excluding hydrogens is 429 g/mol. The fourth-order valence-corrected chi connectivity index (χ4v) is 4.13. The highest BCUT2D eigenvalue weighted by molar-refractivity contribution is 7.22. The number of likely N-dealkylation sites (N-methyl/N-ethyl adjacent to an activating group) is 1. The van der Waals surface area contributed by atoms with Crippen molar-refractivity contribution in [1.29, 1.82) is 0 Å². The molecule has 0 radical (unpaired) electrons. The number of carbonyl (C=O) groups is 1. The van der Waals surface area contributed by atoms with E-state index in [0.29, 0.717) is 22.4 Å². The second-order valence-electron chi connectivity index (χ2n) is 6.28. The number of hydrogen-bond donors (Lipinski definition) is 0. The molecule has 5 nitrogen and oxygen atoms in total. The Kier molecular flexibility index (Phi) is 9.17. The predicted molar refractivity (Wildman–Crippen MR) is 124 cm³/mol. The van der Waals surface area contributed by atoms with Crippen molar-refractivity contribution in [2.75, 3.05) is 37.7 Å². The lowest BCUT2D eigenvalue weighted by molar-refractivity contribution is -0.120. The van der Waals surface area contributed by atoms with Crippen molar-refractivity contribution in [2.45, 2.75) is 13.8 Å². The minimum Gasteiger partial charge on any atom is -0.484 e. The van der Waals surface area contributed by atoms with Gasteiger partial charge in [0.15, 0.2) is 11.7 Å². The van der Waals surface area contributed by atoms with Crippen LogP contribution in [0.4, 0.5) is 5.13 Å². The van der Waals surface area contributed by atoms with E-state index in [1.54, 1.807) is 4.90 Å². The van der Waals surface area contributed by atoms with Crippen LogP contribution in [-0.2, 0) is 4.79 Å². The van der Waals surface area contributed by atoms with Gasteiger partial charge in [-0.25, -0.2) is 4.98 Å². The molecule has 0 atom stereocenters. The van der Waals surface area contributed by atoms with Gasteiger partial charge in [-0.2, -0.15) is 0 Å². The third-order valence-corrected chi connectivity index (χ3v) is 5.79. The molecule has 2 aromatic carbocycles. The summed E-state index contributed by atoms with van der Waals surface area (Å²) in [6, 6.07) is 14.9. The first kappa shape index (κ1) is 23.4. The lowest BCUT2D eigenvalue weighted by atomic mass is 10.3. The minimum absolute atomic E-state index is 0. The molecule has 3 aromatic rings. The van der Waals surface area contributed by atoms with E-state index in [1.165, 1.54) is 11.3 Å². The first-order valence-corrected chi connectivity index (χ1v) is 10.6. The maximum Gasteiger partial charge on any atom is 0.266 e. The topological polar surface area (TPSA) is 45.7 Å². The van der Waals surface area contributed by atoms with Gasteiger partial charge in [0.25, 0.3) is 5.91 Å². The minimum atomic E-state index is -0.110. The number of carbonyl (C=O) groups excluding carboxylic acids is 1. The number of aromatic nitrogens is 1. The number of para-hydroxylation sites is 1. The number of rotatable bonds is 9. The van der Waals surface area contributed by atoms with E-state index in [1.807, 2.05) is 48.5 Å². The lowest BCUT2D eigenvalue weighted by Crippen LogP contribution is -2.41. The van der Waals surface area contributed by atoms with Crippen molar-refractivity contribution in [3.63, 3.8) is 0 Å². The number of amides is 1. The van der Waals surface area contributed by atoms with Crippen molar-refractivity contribution in [2.24, 2.45) is 0 Å². The molecule has 0 bridgehead atoms. The summed E-state index contributed by atoms with van der Waals surface area (Å²) in [5.74, 6) is 0.566. The third-order valence-electron chi connectivity index (χ3n) is 4.51. The predicted octanol–water partition coefficient (Wildman–Crippen LogP) is 5.13. The Balaban J connectivity index is 0.00000300. The zero-order valence-corrected chi connectivity index (χ0v) is 18.9. The van der Waals surface area contributed by atoms with Crippen LogP contribution in [0.1, 0.15) is 13.8 Å². The molecule has 29 heavy (non-hydrogen) atoms. The van der Waals surface area contributed by atoms with Gasteiger partial charge in [0.2, 0.25) is 0 Å². The molecule has 1 amide bonds. The fraction of sp³-hybridized carbons (Fsp3) is 0.333. The van der Waals surface area contributed by atoms with E-state index in [2.05, 4.69) is 23.7 Å². The number of anilines is 1. The Morgan fingerprint density at radius 1 is 1.10 bits per heavy atom. The Morgan fingerprint density at radius 3 is 2.52 bits per heavy atom. The molecule has 0 spiro atoms. The summed E-state index contributed by atoms with van der Waals surface area (Å²) >= 11 is 7.57. The summed E-state index contributed by atoms with van der Waals surface area (Å²) in [4.78, 5) is 21.6. The number of hydrogen-bond acceptors (Lipinski definition) is 5. The van der Waals surface area contributed by atoms with E-state index in [-0.39, 0.29) is 24.9 Å². The third kappa shape index (κ3) is 6.31. The smallest absolute Gasteiger partial charge is 0.266 e. The van der Waals surface area contributed by atoms with Gasteiger partial charge in [0.1, 0.15) is 5.75 Å². The number of fused-ring (bicyclic) bond motifs is 1. The van der Waals surface area contributed by atoms with Crippen LogP contribution in [0.2, 0.25) is 5.02 Å². The molecule has 0 saturated carbocycles. The number of ether oxygens (including phenoxy) is 1. The fourth-order valence-electron chi connectivity index (χ4n) is 2.85. The molecule has 1 aromatic heterocycles. The van der Waals surface area contributed by atoms with Gasteiger partial charge < -0.3 is 9.64 Å². The van der Waals surface area contributed by atoms with E-state index in [4.69, 9.17) is 16.3 Å². The van der Waals surface area contributed by atoms with Crippen LogP contribution in [0.5, 0.6) is 5.75 Å². The average molecular weight is 454 g/mol. The van der Waals surface area contributed by atoms with Crippen LogP contribution >= 0.6 is 35.3 Å². The van der Waals surface area contributed by atoms with Crippen molar-refractivity contribution < 1.29 is 9.53 Å². The first-order chi connectivity index (χ1) is 13.6. The summed E-state index contributed by atoms with van der Waals surface area (Å²) in [5.41, 5.74) is 0.842. The zero-order valence-electron chi connectivity index (χ0n) is 16.5. The number of nitrogens with zero attached hydrogens (tertiary/aromatic N) is 3. The van der Waals surface area contributed by atoms with Gasteiger partial charge in [-0.1, -0.05) is 55.0 Å². The molecule has 0 aliphatic carbocycles. The lowest BCUT2D eigenvalue weighted by Gasteiger charge is -2.24. The highest BCUT2D eigenvalue weighted by atomic mass is 35.5. The van der Waals surface area contributed by atoms with Gasteiger partial charge in [0.05, 0.1) is 10.2 Å². The Morgan fingerprint density at radius 2 is 1.83 bits per heavy atom. The van der Waals surface area contributed by atoms with Crippen molar-refractivity contribution in [1.82, 2.24) is 9.88 Å². The molecule has 0 saturated heterocycles. The molecule has 0 unspecified atom stereocenters. The maximum absolute atomic E-state index is 13.0. The van der Waals surface area contributed by atoms with Crippen molar-refractivity contribution in [3.05, 3.63) is 53.6 Å². The normalized spacial score (nSPS) is 10.8. The van der Waals surface area contributed by atoms with Gasteiger partial charge in [-0.15, -0.1) is 12.4 Å². The highest BCUT2D eigenvalue weighted by Gasteiger charge is 2.21. The van der Waals surface area contributed by atoms with Crippen molar-refractivity contribution in [3.8, 4) is 5.75 Å². The molecule has 156 valence electrons. The molecule has 0 aliphatic rings. The van der Waals surface area contributed by atoms with Crippen LogP contribution in [0, 0.1) is 0 Å². The second-order valence-corrected chi connectivity index (χ2v) is 7.73. The summed E-state index contributed by atoms with van der Waals surface area (Å²) < 4.78 is 6.64. The molecule has 8 heteroatoms. The van der Waals surface area contributed by atoms with Gasteiger partial charge in [0, 0.05) is 18.1 Å². The molecule has 0 N–H and O–H groups in total. The van der Waals surface area contributed by atoms with Crippen LogP contribution in [0.15, 0.2) is 48.5 Å². The summed E-state index contributed by atoms with van der Waals surface area (Å²) in [5, 5.41) is 1.34. The van der Waals surface area contributed by atoms with Crippen LogP contribution in [0.25, 0.3) is 10.2 Å². The highest BCUT2D eigenvalue weighted by Crippen LogP contribution is 2.31. The van der Waals surface area contributed by atoms with Gasteiger partial charge >= 0.3 is 0 Å². The zero-order chi connectivity index (χ0) is 19.9. The summed E-state index contributed by atoms with van der Waals surface area (Å²) in [6.45, 7) is 7.43. The van der Waals surface area contributed by atoms with E-state index in [9.17, 15) is 4.79 Å².